The lowest BCUT2D eigenvalue weighted by Gasteiger charge is -2.22. The second-order valence-corrected chi connectivity index (χ2v) is 5.38. The molecule has 0 spiro atoms. The van der Waals surface area contributed by atoms with Gasteiger partial charge < -0.3 is 4.90 Å². The van der Waals surface area contributed by atoms with Gasteiger partial charge in [-0.15, -0.1) is 0 Å². The van der Waals surface area contributed by atoms with Crippen LogP contribution in [0.4, 0.5) is 11.4 Å². The van der Waals surface area contributed by atoms with Gasteiger partial charge in [-0.2, -0.15) is 0 Å². The number of aryl methyl sites for hydroxylation is 2. The summed E-state index contributed by atoms with van der Waals surface area (Å²) in [6.07, 6.45) is 0. The Bertz CT molecular complexity index is 759. The van der Waals surface area contributed by atoms with Gasteiger partial charge in [0.2, 0.25) is 0 Å². The van der Waals surface area contributed by atoms with Crippen molar-refractivity contribution in [3.63, 3.8) is 0 Å². The Morgan fingerprint density at radius 1 is 0.750 bits per heavy atom. The molecule has 0 aliphatic carbocycles. The smallest absolute Gasteiger partial charge is 0.0437 e. The first-order chi connectivity index (χ1) is 9.65. The summed E-state index contributed by atoms with van der Waals surface area (Å²) in [5.41, 5.74) is 5.08. The zero-order chi connectivity index (χ0) is 14.1. The van der Waals surface area contributed by atoms with E-state index >= 15 is 0 Å². The van der Waals surface area contributed by atoms with Crippen LogP contribution in [0.1, 0.15) is 11.1 Å². The maximum Gasteiger partial charge on any atom is 0.0437 e. The predicted molar refractivity (Wildman–Crippen MR) is 87.9 cm³/mol. The zero-order valence-corrected chi connectivity index (χ0v) is 12.2. The number of anilines is 2. The summed E-state index contributed by atoms with van der Waals surface area (Å²) in [6.45, 7) is 4.30. The predicted octanol–water partition coefficient (Wildman–Crippen LogP) is 5.22. The van der Waals surface area contributed by atoms with Gasteiger partial charge in [-0.1, -0.05) is 48.0 Å². The van der Waals surface area contributed by atoms with Crippen LogP contribution in [0.15, 0.2) is 60.7 Å². The van der Waals surface area contributed by atoms with Gasteiger partial charge in [0.1, 0.15) is 0 Å². The minimum absolute atomic E-state index is 1.22. The van der Waals surface area contributed by atoms with Gasteiger partial charge in [0.15, 0.2) is 0 Å². The Hall–Kier alpha value is -2.28. The highest BCUT2D eigenvalue weighted by Gasteiger charge is 2.07. The van der Waals surface area contributed by atoms with Crippen molar-refractivity contribution in [2.24, 2.45) is 0 Å². The number of fused-ring (bicyclic) bond motifs is 1. The SMILES string of the molecule is Cc1ccc(N(C)c2ccc3ccccc3c2)c(C)c1. The largest absolute Gasteiger partial charge is 0.344 e. The highest BCUT2D eigenvalue weighted by molar-refractivity contribution is 5.87. The lowest BCUT2D eigenvalue weighted by molar-refractivity contribution is 1.18. The molecule has 3 rings (SSSR count). The molecule has 100 valence electrons. The van der Waals surface area contributed by atoms with Crippen LogP contribution in [0, 0.1) is 13.8 Å². The summed E-state index contributed by atoms with van der Waals surface area (Å²) in [5, 5.41) is 2.56. The van der Waals surface area contributed by atoms with E-state index in [1.54, 1.807) is 0 Å². The molecule has 0 amide bonds. The lowest BCUT2D eigenvalue weighted by Crippen LogP contribution is -2.10. The van der Waals surface area contributed by atoms with E-state index in [0.29, 0.717) is 0 Å². The van der Waals surface area contributed by atoms with Crippen molar-refractivity contribution in [3.8, 4) is 0 Å². The Morgan fingerprint density at radius 2 is 1.50 bits per heavy atom. The monoisotopic (exact) mass is 261 g/mol. The van der Waals surface area contributed by atoms with Crippen molar-refractivity contribution in [1.82, 2.24) is 0 Å². The van der Waals surface area contributed by atoms with E-state index in [-0.39, 0.29) is 0 Å². The Balaban J connectivity index is 2.05. The molecule has 0 aliphatic rings. The molecule has 0 fully saturated rings. The Morgan fingerprint density at radius 3 is 2.25 bits per heavy atom. The maximum absolute atomic E-state index is 2.25. The Labute approximate surface area is 120 Å². The van der Waals surface area contributed by atoms with Crippen LogP contribution in [-0.2, 0) is 0 Å². The molecule has 1 nitrogen and oxygen atoms in total. The standard InChI is InChI=1S/C19H19N/c1-14-8-11-19(15(2)12-14)20(3)18-10-9-16-6-4-5-7-17(16)13-18/h4-13H,1-3H3. The van der Waals surface area contributed by atoms with E-state index in [1.807, 2.05) is 0 Å². The first kappa shape index (κ1) is 12.7. The third kappa shape index (κ3) is 2.27. The van der Waals surface area contributed by atoms with Crippen molar-refractivity contribution in [2.45, 2.75) is 13.8 Å². The maximum atomic E-state index is 2.25. The topological polar surface area (TPSA) is 3.24 Å². The summed E-state index contributed by atoms with van der Waals surface area (Å²) in [6, 6.07) is 21.7. The van der Waals surface area contributed by atoms with Gasteiger partial charge >= 0.3 is 0 Å². The second-order valence-electron chi connectivity index (χ2n) is 5.38. The second kappa shape index (κ2) is 5.01. The summed E-state index contributed by atoms with van der Waals surface area (Å²) in [7, 11) is 2.13. The summed E-state index contributed by atoms with van der Waals surface area (Å²) >= 11 is 0. The number of rotatable bonds is 2. The number of benzene rings is 3. The average molecular weight is 261 g/mol. The normalized spacial score (nSPS) is 10.8. The molecule has 20 heavy (non-hydrogen) atoms. The minimum atomic E-state index is 1.22. The fourth-order valence-corrected chi connectivity index (χ4v) is 2.71. The molecular formula is C19H19N. The molecule has 0 N–H and O–H groups in total. The van der Waals surface area contributed by atoms with Crippen LogP contribution >= 0.6 is 0 Å². The summed E-state index contributed by atoms with van der Waals surface area (Å²) in [4.78, 5) is 2.25. The fourth-order valence-electron chi connectivity index (χ4n) is 2.71. The van der Waals surface area contributed by atoms with Gasteiger partial charge in [0.05, 0.1) is 0 Å². The fraction of sp³-hybridized carbons (Fsp3) is 0.158. The van der Waals surface area contributed by atoms with Crippen LogP contribution in [0.2, 0.25) is 0 Å². The quantitative estimate of drug-likeness (QED) is 0.611. The first-order valence-electron chi connectivity index (χ1n) is 6.95. The highest BCUT2D eigenvalue weighted by atomic mass is 15.1. The minimum Gasteiger partial charge on any atom is -0.344 e. The van der Waals surface area contributed by atoms with Crippen molar-refractivity contribution in [2.75, 3.05) is 11.9 Å². The van der Waals surface area contributed by atoms with Crippen LogP contribution in [0.3, 0.4) is 0 Å². The van der Waals surface area contributed by atoms with Gasteiger partial charge in [-0.25, -0.2) is 0 Å². The van der Waals surface area contributed by atoms with Crippen molar-refractivity contribution < 1.29 is 0 Å². The van der Waals surface area contributed by atoms with E-state index in [4.69, 9.17) is 0 Å². The van der Waals surface area contributed by atoms with Crippen LogP contribution in [0.5, 0.6) is 0 Å². The van der Waals surface area contributed by atoms with Crippen LogP contribution < -0.4 is 4.90 Å². The molecule has 0 aliphatic heterocycles. The van der Waals surface area contributed by atoms with E-state index in [1.165, 1.54) is 33.3 Å². The average Bonchev–Trinajstić information content (AvgIpc) is 2.46. The molecule has 3 aromatic carbocycles. The third-order valence-electron chi connectivity index (χ3n) is 3.83. The molecule has 0 saturated heterocycles. The van der Waals surface area contributed by atoms with Gasteiger partial charge in [0.25, 0.3) is 0 Å². The van der Waals surface area contributed by atoms with Crippen molar-refractivity contribution >= 4 is 22.1 Å². The molecule has 1 heteroatoms. The summed E-state index contributed by atoms with van der Waals surface area (Å²) in [5.74, 6) is 0. The van der Waals surface area contributed by atoms with Crippen molar-refractivity contribution in [1.29, 1.82) is 0 Å². The number of hydrogen-bond donors (Lipinski definition) is 0. The van der Waals surface area contributed by atoms with Crippen LogP contribution in [-0.4, -0.2) is 7.05 Å². The van der Waals surface area contributed by atoms with Crippen molar-refractivity contribution in [3.05, 3.63) is 71.8 Å². The molecule has 0 atom stereocenters. The van der Waals surface area contributed by atoms with Gasteiger partial charge in [-0.3, -0.25) is 0 Å². The first-order valence-corrected chi connectivity index (χ1v) is 6.95. The third-order valence-corrected chi connectivity index (χ3v) is 3.83. The zero-order valence-electron chi connectivity index (χ0n) is 12.2. The number of hydrogen-bond acceptors (Lipinski definition) is 1. The van der Waals surface area contributed by atoms with E-state index in [2.05, 4.69) is 86.5 Å². The van der Waals surface area contributed by atoms with E-state index in [0.717, 1.165) is 0 Å². The van der Waals surface area contributed by atoms with Gasteiger partial charge in [-0.05, 0) is 48.4 Å². The lowest BCUT2D eigenvalue weighted by atomic mass is 10.1. The van der Waals surface area contributed by atoms with Gasteiger partial charge in [0, 0.05) is 18.4 Å². The molecule has 0 heterocycles. The van der Waals surface area contributed by atoms with E-state index < -0.39 is 0 Å². The molecule has 0 unspecified atom stereocenters. The highest BCUT2D eigenvalue weighted by Crippen LogP contribution is 2.29. The molecule has 0 saturated carbocycles. The molecule has 3 aromatic rings. The molecule has 0 radical (unpaired) electrons. The Kier molecular flexibility index (Phi) is 3.19. The molecular weight excluding hydrogens is 242 g/mol. The molecule has 0 aromatic heterocycles. The molecule has 0 bridgehead atoms. The summed E-state index contributed by atoms with van der Waals surface area (Å²) < 4.78 is 0. The van der Waals surface area contributed by atoms with Crippen LogP contribution in [0.25, 0.3) is 10.8 Å². The van der Waals surface area contributed by atoms with E-state index in [9.17, 15) is 0 Å². The number of nitrogens with zero attached hydrogens (tertiary/aromatic N) is 1.